The quantitative estimate of drug-likeness (QED) is 0.650. The molecule has 1 fully saturated rings. The van der Waals surface area contributed by atoms with E-state index in [0.29, 0.717) is 24.4 Å². The predicted octanol–water partition coefficient (Wildman–Crippen LogP) is 3.88. The highest BCUT2D eigenvalue weighted by Gasteiger charge is 2.48. The van der Waals surface area contributed by atoms with Gasteiger partial charge in [-0.25, -0.2) is 0 Å². The number of nitrogens with zero attached hydrogens (tertiary/aromatic N) is 3. The molecule has 7 heteroatoms. The van der Waals surface area contributed by atoms with Crippen molar-refractivity contribution in [1.82, 2.24) is 19.8 Å². The van der Waals surface area contributed by atoms with E-state index >= 15 is 0 Å². The van der Waals surface area contributed by atoms with Gasteiger partial charge in [0, 0.05) is 37.1 Å². The molecule has 1 atom stereocenters. The SMILES string of the molecule is C[C@]1(C(=O)NC2CCCCCC2)Cn2c(cc3occc32)C(=O)N1Cc1cccnc1. The van der Waals surface area contributed by atoms with Gasteiger partial charge in [-0.1, -0.05) is 31.7 Å². The molecule has 5 rings (SSSR count). The molecule has 3 aromatic heterocycles. The fourth-order valence-electron chi connectivity index (χ4n) is 4.96. The number of pyridine rings is 1. The van der Waals surface area contributed by atoms with E-state index in [2.05, 4.69) is 10.3 Å². The highest BCUT2D eigenvalue weighted by Crippen LogP contribution is 2.34. The molecule has 0 aromatic carbocycles. The molecule has 1 N–H and O–H groups in total. The van der Waals surface area contributed by atoms with Gasteiger partial charge in [-0.3, -0.25) is 14.6 Å². The topological polar surface area (TPSA) is 80.4 Å². The summed E-state index contributed by atoms with van der Waals surface area (Å²) in [5, 5.41) is 3.29. The smallest absolute Gasteiger partial charge is 0.271 e. The van der Waals surface area contributed by atoms with E-state index in [4.69, 9.17) is 4.42 Å². The van der Waals surface area contributed by atoms with Gasteiger partial charge in [-0.2, -0.15) is 0 Å². The number of carbonyl (C=O) groups is 2. The Balaban J connectivity index is 1.51. The van der Waals surface area contributed by atoms with Crippen molar-refractivity contribution in [2.45, 2.75) is 70.1 Å². The zero-order chi connectivity index (χ0) is 21.4. The molecule has 0 radical (unpaired) electrons. The van der Waals surface area contributed by atoms with E-state index in [1.54, 1.807) is 29.6 Å². The maximum absolute atomic E-state index is 13.7. The zero-order valence-corrected chi connectivity index (χ0v) is 17.8. The summed E-state index contributed by atoms with van der Waals surface area (Å²) in [6.45, 7) is 2.59. The van der Waals surface area contributed by atoms with Crippen LogP contribution in [0.2, 0.25) is 0 Å². The van der Waals surface area contributed by atoms with Crippen molar-refractivity contribution >= 4 is 22.9 Å². The largest absolute Gasteiger partial charge is 0.463 e. The summed E-state index contributed by atoms with van der Waals surface area (Å²) >= 11 is 0. The fourth-order valence-corrected chi connectivity index (χ4v) is 4.96. The molecule has 162 valence electrons. The van der Waals surface area contributed by atoms with Crippen LogP contribution in [0.3, 0.4) is 0 Å². The summed E-state index contributed by atoms with van der Waals surface area (Å²) < 4.78 is 7.46. The van der Waals surface area contributed by atoms with Crippen molar-refractivity contribution in [3.8, 4) is 0 Å². The maximum Gasteiger partial charge on any atom is 0.271 e. The van der Waals surface area contributed by atoms with Gasteiger partial charge in [0.05, 0.1) is 18.3 Å². The van der Waals surface area contributed by atoms with Crippen molar-refractivity contribution in [2.75, 3.05) is 0 Å². The molecular formula is C24H28N4O3. The number of fused-ring (bicyclic) bond motifs is 3. The summed E-state index contributed by atoms with van der Waals surface area (Å²) in [6.07, 6.45) is 11.8. The first kappa shape index (κ1) is 19.8. The first-order chi connectivity index (χ1) is 15.1. The third-order valence-electron chi connectivity index (χ3n) is 6.79. The van der Waals surface area contributed by atoms with Gasteiger partial charge in [0.25, 0.3) is 5.91 Å². The number of carbonyl (C=O) groups excluding carboxylic acids is 2. The highest BCUT2D eigenvalue weighted by molar-refractivity contribution is 6.02. The van der Waals surface area contributed by atoms with Crippen LogP contribution in [0.25, 0.3) is 11.1 Å². The second-order valence-corrected chi connectivity index (χ2v) is 8.97. The molecule has 0 bridgehead atoms. The van der Waals surface area contributed by atoms with E-state index in [1.165, 1.54) is 12.8 Å². The van der Waals surface area contributed by atoms with E-state index in [0.717, 1.165) is 36.8 Å². The third-order valence-corrected chi connectivity index (χ3v) is 6.79. The fraction of sp³-hybridized carbons (Fsp3) is 0.458. The van der Waals surface area contributed by atoms with Gasteiger partial charge >= 0.3 is 0 Å². The summed E-state index contributed by atoms with van der Waals surface area (Å²) in [4.78, 5) is 33.2. The first-order valence-corrected chi connectivity index (χ1v) is 11.1. The van der Waals surface area contributed by atoms with E-state index < -0.39 is 5.54 Å². The van der Waals surface area contributed by atoms with E-state index in [9.17, 15) is 9.59 Å². The Morgan fingerprint density at radius 1 is 1.26 bits per heavy atom. The highest BCUT2D eigenvalue weighted by atomic mass is 16.3. The van der Waals surface area contributed by atoms with Crippen LogP contribution in [0, 0.1) is 0 Å². The Morgan fingerprint density at radius 3 is 2.81 bits per heavy atom. The molecular weight excluding hydrogens is 392 g/mol. The monoisotopic (exact) mass is 420 g/mol. The van der Waals surface area contributed by atoms with Crippen LogP contribution in [0.4, 0.5) is 0 Å². The molecule has 0 unspecified atom stereocenters. The van der Waals surface area contributed by atoms with Gasteiger partial charge in [-0.15, -0.1) is 0 Å². The summed E-state index contributed by atoms with van der Waals surface area (Å²) in [6, 6.07) is 7.58. The van der Waals surface area contributed by atoms with Crippen molar-refractivity contribution in [3.63, 3.8) is 0 Å². The Hall–Kier alpha value is -3.09. The standard InChI is InChI=1S/C24H28N4O3/c1-24(23(30)26-18-8-4-2-3-5-9-18)16-27-19-10-12-31-21(19)13-20(27)22(29)28(24)15-17-7-6-11-25-14-17/h6-7,10-14,18H,2-5,8-9,15-16H2,1H3,(H,26,30)/t24-/m1/s1. The maximum atomic E-state index is 13.7. The summed E-state index contributed by atoms with van der Waals surface area (Å²) in [7, 11) is 0. The lowest BCUT2D eigenvalue weighted by Gasteiger charge is -2.44. The number of hydrogen-bond donors (Lipinski definition) is 1. The van der Waals surface area contributed by atoms with Gasteiger partial charge in [0.2, 0.25) is 5.91 Å². The Labute approximate surface area is 181 Å². The Kier molecular flexibility index (Phi) is 5.04. The molecule has 7 nitrogen and oxygen atoms in total. The molecule has 0 spiro atoms. The first-order valence-electron chi connectivity index (χ1n) is 11.1. The Bertz CT molecular complexity index is 1090. The number of hydrogen-bond acceptors (Lipinski definition) is 4. The molecule has 1 aliphatic carbocycles. The van der Waals surface area contributed by atoms with Gasteiger partial charge < -0.3 is 19.2 Å². The number of nitrogens with one attached hydrogen (secondary N) is 1. The van der Waals surface area contributed by atoms with Crippen LogP contribution in [-0.2, 0) is 17.9 Å². The zero-order valence-electron chi connectivity index (χ0n) is 17.8. The van der Waals surface area contributed by atoms with Crippen molar-refractivity contribution in [3.05, 3.63) is 54.2 Å². The number of aromatic nitrogens is 2. The lowest BCUT2D eigenvalue weighted by molar-refractivity contribution is -0.134. The summed E-state index contributed by atoms with van der Waals surface area (Å²) in [5.74, 6) is -0.257. The van der Waals surface area contributed by atoms with Crippen LogP contribution in [0.15, 0.2) is 47.3 Å². The molecule has 3 aromatic rings. The second-order valence-electron chi connectivity index (χ2n) is 8.97. The summed E-state index contributed by atoms with van der Waals surface area (Å²) in [5.41, 5.74) is 1.94. The normalized spacial score (nSPS) is 22.4. The van der Waals surface area contributed by atoms with Gasteiger partial charge in [-0.05, 0) is 31.4 Å². The van der Waals surface area contributed by atoms with Crippen molar-refractivity contribution < 1.29 is 14.0 Å². The average molecular weight is 421 g/mol. The third kappa shape index (κ3) is 3.52. The van der Waals surface area contributed by atoms with Crippen LogP contribution >= 0.6 is 0 Å². The molecule has 0 saturated heterocycles. The molecule has 1 aliphatic heterocycles. The van der Waals surface area contributed by atoms with Crippen molar-refractivity contribution in [1.29, 1.82) is 0 Å². The molecule has 31 heavy (non-hydrogen) atoms. The number of furan rings is 1. The lowest BCUT2D eigenvalue weighted by atomic mass is 9.93. The van der Waals surface area contributed by atoms with Crippen LogP contribution in [0.1, 0.15) is 61.5 Å². The van der Waals surface area contributed by atoms with Gasteiger partial charge in [0.1, 0.15) is 11.2 Å². The van der Waals surface area contributed by atoms with E-state index in [-0.39, 0.29) is 17.9 Å². The minimum Gasteiger partial charge on any atom is -0.463 e. The van der Waals surface area contributed by atoms with Crippen LogP contribution in [-0.4, -0.2) is 37.8 Å². The number of rotatable bonds is 4. The van der Waals surface area contributed by atoms with Crippen LogP contribution in [0.5, 0.6) is 0 Å². The number of amides is 2. The van der Waals surface area contributed by atoms with Crippen molar-refractivity contribution in [2.24, 2.45) is 0 Å². The van der Waals surface area contributed by atoms with E-state index in [1.807, 2.05) is 29.7 Å². The molecule has 2 aliphatic rings. The molecule has 4 heterocycles. The average Bonchev–Trinajstić information content (AvgIpc) is 3.26. The van der Waals surface area contributed by atoms with Gasteiger partial charge in [0.15, 0.2) is 5.58 Å². The Morgan fingerprint density at radius 2 is 2.06 bits per heavy atom. The minimum atomic E-state index is -1.02. The second kappa shape index (κ2) is 7.87. The molecule has 1 saturated carbocycles. The van der Waals surface area contributed by atoms with Crippen LogP contribution < -0.4 is 5.32 Å². The lowest BCUT2D eigenvalue weighted by Crippen LogP contribution is -2.64. The minimum absolute atomic E-state index is 0.0902. The molecule has 2 amide bonds. The predicted molar refractivity (Wildman–Crippen MR) is 116 cm³/mol.